The van der Waals surface area contributed by atoms with Crippen LogP contribution in [-0.4, -0.2) is 28.5 Å². The second-order valence-electron chi connectivity index (χ2n) is 6.94. The van der Waals surface area contributed by atoms with Gasteiger partial charge in [0.1, 0.15) is 11.2 Å². The van der Waals surface area contributed by atoms with Gasteiger partial charge >= 0.3 is 6.18 Å². The molecule has 2 atom stereocenters. The largest absolute Gasteiger partial charge is 0.416 e. The normalized spacial score (nSPS) is 19.2. The number of thioether (sulfide) groups is 1. The number of halogens is 4. The van der Waals surface area contributed by atoms with Crippen LogP contribution < -0.4 is 5.32 Å². The molecule has 0 bridgehead atoms. The van der Waals surface area contributed by atoms with E-state index >= 15 is 0 Å². The van der Waals surface area contributed by atoms with Crippen LogP contribution in [-0.2, 0) is 22.3 Å². The van der Waals surface area contributed by atoms with E-state index in [-0.39, 0.29) is 42.4 Å². The molecule has 2 aromatic rings. The van der Waals surface area contributed by atoms with Gasteiger partial charge in [-0.25, -0.2) is 4.39 Å². The van der Waals surface area contributed by atoms with Gasteiger partial charge in [0.2, 0.25) is 11.8 Å². The molecule has 1 aliphatic rings. The molecular formula is C21H20F4N2O2S. The lowest BCUT2D eigenvalue weighted by molar-refractivity contribution is -0.137. The number of carbonyl (C=O) groups excluding carboxylic acids is 2. The lowest BCUT2D eigenvalue weighted by Gasteiger charge is -2.24. The predicted molar refractivity (Wildman–Crippen MR) is 106 cm³/mol. The van der Waals surface area contributed by atoms with Crippen LogP contribution in [0.25, 0.3) is 0 Å². The zero-order valence-electron chi connectivity index (χ0n) is 16.1. The van der Waals surface area contributed by atoms with E-state index in [1.165, 1.54) is 40.9 Å². The summed E-state index contributed by atoms with van der Waals surface area (Å²) >= 11 is 1.34. The van der Waals surface area contributed by atoms with Crippen molar-refractivity contribution < 1.29 is 27.2 Å². The van der Waals surface area contributed by atoms with Crippen LogP contribution >= 0.6 is 11.8 Å². The number of alkyl halides is 3. The molecule has 1 aliphatic heterocycles. The molecule has 4 nitrogen and oxygen atoms in total. The molecule has 160 valence electrons. The highest BCUT2D eigenvalue weighted by Crippen LogP contribution is 2.43. The molecule has 1 saturated heterocycles. The average Bonchev–Trinajstić information content (AvgIpc) is 2.99. The summed E-state index contributed by atoms with van der Waals surface area (Å²) in [5, 5.41) is 1.92. The van der Waals surface area contributed by atoms with E-state index in [0.29, 0.717) is 5.56 Å². The summed E-state index contributed by atoms with van der Waals surface area (Å²) in [6.07, 6.45) is -4.37. The van der Waals surface area contributed by atoms with Gasteiger partial charge in [0.15, 0.2) is 0 Å². The van der Waals surface area contributed by atoms with Crippen LogP contribution in [0, 0.1) is 5.82 Å². The summed E-state index contributed by atoms with van der Waals surface area (Å²) in [6.45, 7) is 2.12. The Morgan fingerprint density at radius 1 is 1.10 bits per heavy atom. The number of hydrogen-bond donors (Lipinski definition) is 1. The number of amides is 2. The van der Waals surface area contributed by atoms with Crippen LogP contribution in [0.1, 0.15) is 35.4 Å². The van der Waals surface area contributed by atoms with E-state index in [4.69, 9.17) is 0 Å². The third-order valence-electron chi connectivity index (χ3n) is 4.75. The van der Waals surface area contributed by atoms with Crippen molar-refractivity contribution in [1.29, 1.82) is 0 Å². The predicted octanol–water partition coefficient (Wildman–Crippen LogP) is 4.51. The number of nitrogens with one attached hydrogen (secondary N) is 1. The van der Waals surface area contributed by atoms with Crippen molar-refractivity contribution in [1.82, 2.24) is 10.2 Å². The molecule has 0 unspecified atom stereocenters. The fourth-order valence-corrected chi connectivity index (χ4v) is 4.42. The molecule has 0 radical (unpaired) electrons. The Morgan fingerprint density at radius 2 is 1.73 bits per heavy atom. The highest BCUT2D eigenvalue weighted by molar-refractivity contribution is 8.01. The minimum absolute atomic E-state index is 0.0529. The van der Waals surface area contributed by atoms with Crippen LogP contribution in [0.15, 0.2) is 48.5 Å². The topological polar surface area (TPSA) is 49.4 Å². The van der Waals surface area contributed by atoms with Crippen molar-refractivity contribution in [2.24, 2.45) is 0 Å². The maximum atomic E-state index is 12.9. The van der Waals surface area contributed by atoms with Gasteiger partial charge in [-0.2, -0.15) is 13.2 Å². The van der Waals surface area contributed by atoms with Gasteiger partial charge in [-0.3, -0.25) is 9.59 Å². The van der Waals surface area contributed by atoms with Gasteiger partial charge in [0.05, 0.1) is 10.8 Å². The summed E-state index contributed by atoms with van der Waals surface area (Å²) in [5.41, 5.74) is 0.576. The summed E-state index contributed by atoms with van der Waals surface area (Å²) in [6, 6.07) is 10.5. The average molecular weight is 440 g/mol. The van der Waals surface area contributed by atoms with Crippen LogP contribution in [0.3, 0.4) is 0 Å². The van der Waals surface area contributed by atoms with Gasteiger partial charge in [-0.1, -0.05) is 24.3 Å². The molecule has 0 spiro atoms. The van der Waals surface area contributed by atoms with E-state index in [1.807, 2.05) is 0 Å². The molecule has 1 fully saturated rings. The zero-order chi connectivity index (χ0) is 21.9. The highest BCUT2D eigenvalue weighted by atomic mass is 32.2. The lowest BCUT2D eigenvalue weighted by atomic mass is 10.1. The van der Waals surface area contributed by atoms with Crippen molar-refractivity contribution in [2.75, 3.05) is 6.54 Å². The second-order valence-corrected chi connectivity index (χ2v) is 8.36. The van der Waals surface area contributed by atoms with Crippen molar-refractivity contribution in [3.05, 3.63) is 71.0 Å². The van der Waals surface area contributed by atoms with E-state index in [1.54, 1.807) is 19.1 Å². The Bertz CT molecular complexity index is 901. The molecule has 0 aliphatic carbocycles. The molecule has 1 N–H and O–H groups in total. The molecule has 1 heterocycles. The van der Waals surface area contributed by atoms with E-state index in [2.05, 4.69) is 5.32 Å². The zero-order valence-corrected chi connectivity index (χ0v) is 16.9. The Morgan fingerprint density at radius 3 is 2.33 bits per heavy atom. The Labute approximate surface area is 175 Å². The Hall–Kier alpha value is -2.55. The first kappa shape index (κ1) is 22.1. The Kier molecular flexibility index (Phi) is 6.70. The molecule has 0 saturated carbocycles. The summed E-state index contributed by atoms with van der Waals surface area (Å²) in [4.78, 5) is 26.2. The quantitative estimate of drug-likeness (QED) is 0.673. The number of carbonyl (C=O) groups is 2. The van der Waals surface area contributed by atoms with Gasteiger partial charge in [0.25, 0.3) is 0 Å². The molecular weight excluding hydrogens is 420 g/mol. The van der Waals surface area contributed by atoms with Gasteiger partial charge < -0.3 is 10.2 Å². The number of rotatable bonds is 6. The van der Waals surface area contributed by atoms with E-state index in [0.717, 1.165) is 17.7 Å². The lowest BCUT2D eigenvalue weighted by Crippen LogP contribution is -2.34. The molecule has 2 aromatic carbocycles. The van der Waals surface area contributed by atoms with Crippen LogP contribution in [0.4, 0.5) is 17.6 Å². The first-order chi connectivity index (χ1) is 14.1. The number of benzene rings is 2. The SMILES string of the molecule is C[C@H]1S[C@H](c2ccc(C(F)(F)F)cc2)N(CCC(=O)NCc2ccc(F)cc2)C1=O. The van der Waals surface area contributed by atoms with Gasteiger partial charge in [0, 0.05) is 19.5 Å². The van der Waals surface area contributed by atoms with Crippen molar-refractivity contribution in [3.63, 3.8) is 0 Å². The third-order valence-corrected chi connectivity index (χ3v) is 6.15. The first-order valence-electron chi connectivity index (χ1n) is 9.29. The number of nitrogens with zero attached hydrogens (tertiary/aromatic N) is 1. The third kappa shape index (κ3) is 5.33. The maximum Gasteiger partial charge on any atom is 0.416 e. The van der Waals surface area contributed by atoms with Gasteiger partial charge in [-0.05, 0) is 42.3 Å². The maximum absolute atomic E-state index is 12.9. The molecule has 9 heteroatoms. The van der Waals surface area contributed by atoms with Crippen molar-refractivity contribution in [3.8, 4) is 0 Å². The monoisotopic (exact) mass is 440 g/mol. The molecule has 30 heavy (non-hydrogen) atoms. The van der Waals surface area contributed by atoms with Crippen LogP contribution in [0.5, 0.6) is 0 Å². The van der Waals surface area contributed by atoms with E-state index in [9.17, 15) is 27.2 Å². The first-order valence-corrected chi connectivity index (χ1v) is 10.2. The van der Waals surface area contributed by atoms with Crippen LogP contribution in [0.2, 0.25) is 0 Å². The minimum Gasteiger partial charge on any atom is -0.352 e. The van der Waals surface area contributed by atoms with Gasteiger partial charge in [-0.15, -0.1) is 11.8 Å². The van der Waals surface area contributed by atoms with E-state index < -0.39 is 17.1 Å². The molecule has 3 rings (SSSR count). The summed E-state index contributed by atoms with van der Waals surface area (Å²) in [7, 11) is 0. The fraction of sp³-hybridized carbons (Fsp3) is 0.333. The smallest absolute Gasteiger partial charge is 0.352 e. The highest BCUT2D eigenvalue weighted by Gasteiger charge is 2.39. The standard InChI is InChI=1S/C21H20F4N2O2S/c1-13-19(29)27(11-10-18(28)26-12-14-2-8-17(22)9-3-14)20(30-13)15-4-6-16(7-5-15)21(23,24)25/h2-9,13,20H,10-12H2,1H3,(H,26,28)/t13-,20-/m1/s1. The summed E-state index contributed by atoms with van der Waals surface area (Å²) < 4.78 is 51.3. The fourth-order valence-electron chi connectivity index (χ4n) is 3.11. The molecule has 0 aromatic heterocycles. The Balaban J connectivity index is 1.60. The number of hydrogen-bond acceptors (Lipinski definition) is 3. The minimum atomic E-state index is -4.42. The summed E-state index contributed by atoms with van der Waals surface area (Å²) in [5.74, 6) is -0.794. The van der Waals surface area contributed by atoms with Crippen molar-refractivity contribution in [2.45, 2.75) is 36.7 Å². The van der Waals surface area contributed by atoms with Crippen molar-refractivity contribution >= 4 is 23.6 Å². The second kappa shape index (κ2) is 9.07. The molecule has 2 amide bonds.